The lowest BCUT2D eigenvalue weighted by atomic mass is 10.1. The Morgan fingerprint density at radius 1 is 1.26 bits per heavy atom. The Kier molecular flexibility index (Phi) is 3.66. The Balaban J connectivity index is 1.99. The van der Waals surface area contributed by atoms with Gasteiger partial charge in [0.15, 0.2) is 11.5 Å². The zero-order valence-corrected chi connectivity index (χ0v) is 11.6. The Morgan fingerprint density at radius 2 is 1.89 bits per heavy atom. The molecule has 0 spiro atoms. The van der Waals surface area contributed by atoms with Gasteiger partial charge >= 0.3 is 5.97 Å². The molecule has 1 aromatic rings. The van der Waals surface area contributed by atoms with E-state index in [1.165, 1.54) is 7.11 Å². The summed E-state index contributed by atoms with van der Waals surface area (Å²) in [6, 6.07) is 4.91. The van der Waals surface area contributed by atoms with Crippen LogP contribution in [0.15, 0.2) is 18.2 Å². The van der Waals surface area contributed by atoms with Gasteiger partial charge in [0, 0.05) is 0 Å². The van der Waals surface area contributed by atoms with Crippen LogP contribution in [0.5, 0.6) is 11.5 Å². The summed E-state index contributed by atoms with van der Waals surface area (Å²) in [5.41, 5.74) is 0.244. The molecule has 0 radical (unpaired) electrons. The Labute approximate surface area is 112 Å². The first-order valence-corrected chi connectivity index (χ1v) is 6.05. The Bertz CT molecular complexity index is 481. The van der Waals surface area contributed by atoms with E-state index >= 15 is 0 Å². The molecule has 1 saturated heterocycles. The van der Waals surface area contributed by atoms with Gasteiger partial charge in [-0.3, -0.25) is 0 Å². The van der Waals surface area contributed by atoms with Crippen LogP contribution in [0.4, 0.5) is 0 Å². The first kappa shape index (κ1) is 13.7. The summed E-state index contributed by atoms with van der Waals surface area (Å²) < 4.78 is 20.8. The van der Waals surface area contributed by atoms with E-state index in [-0.39, 0.29) is 18.3 Å². The van der Waals surface area contributed by atoms with E-state index in [4.69, 9.17) is 18.9 Å². The zero-order valence-electron chi connectivity index (χ0n) is 11.6. The van der Waals surface area contributed by atoms with Gasteiger partial charge in [-0.2, -0.15) is 0 Å². The van der Waals surface area contributed by atoms with Crippen LogP contribution in [-0.2, 0) is 9.47 Å². The number of esters is 1. The van der Waals surface area contributed by atoms with Crippen LogP contribution < -0.4 is 9.47 Å². The van der Waals surface area contributed by atoms with Crippen LogP contribution in [0.1, 0.15) is 24.2 Å². The number of rotatable bonds is 5. The number of hydrogen-bond donors (Lipinski definition) is 0. The average Bonchev–Trinajstić information content (AvgIpc) is 3.02. The highest BCUT2D eigenvalue weighted by Crippen LogP contribution is 2.35. The highest BCUT2D eigenvalue weighted by atomic mass is 16.6. The number of ether oxygens (including phenoxy) is 4. The molecule has 1 heterocycles. The van der Waals surface area contributed by atoms with Crippen LogP contribution in [0.25, 0.3) is 0 Å². The maximum absolute atomic E-state index is 11.9. The summed E-state index contributed by atoms with van der Waals surface area (Å²) in [6.07, 6.45) is -0.0170. The summed E-state index contributed by atoms with van der Waals surface area (Å²) in [6.45, 7) is 4.18. The summed E-state index contributed by atoms with van der Waals surface area (Å²) in [5.74, 6) is 0.679. The number of epoxide rings is 1. The molecule has 0 aliphatic carbocycles. The predicted molar refractivity (Wildman–Crippen MR) is 68.8 cm³/mol. The van der Waals surface area contributed by atoms with Crippen molar-refractivity contribution in [1.29, 1.82) is 0 Å². The fraction of sp³-hybridized carbons (Fsp3) is 0.500. The zero-order chi connectivity index (χ0) is 14.0. The second kappa shape index (κ2) is 5.09. The van der Waals surface area contributed by atoms with Crippen molar-refractivity contribution in [2.75, 3.05) is 20.8 Å². The molecule has 5 heteroatoms. The fourth-order valence-corrected chi connectivity index (χ4v) is 1.77. The van der Waals surface area contributed by atoms with Crippen LogP contribution in [0.2, 0.25) is 0 Å². The molecule has 2 rings (SSSR count). The van der Waals surface area contributed by atoms with Gasteiger partial charge in [-0.1, -0.05) is 0 Å². The van der Waals surface area contributed by atoms with Crippen molar-refractivity contribution in [3.05, 3.63) is 23.8 Å². The lowest BCUT2D eigenvalue weighted by Gasteiger charge is -2.09. The van der Waals surface area contributed by atoms with Crippen molar-refractivity contribution in [1.82, 2.24) is 0 Å². The molecule has 5 nitrogen and oxygen atoms in total. The van der Waals surface area contributed by atoms with E-state index in [1.807, 2.05) is 13.8 Å². The average molecular weight is 266 g/mol. The summed E-state index contributed by atoms with van der Waals surface area (Å²) in [5, 5.41) is 0. The van der Waals surface area contributed by atoms with E-state index in [0.29, 0.717) is 17.1 Å². The molecule has 1 atom stereocenters. The van der Waals surface area contributed by atoms with Crippen molar-refractivity contribution >= 4 is 5.97 Å². The summed E-state index contributed by atoms with van der Waals surface area (Å²) >= 11 is 0. The van der Waals surface area contributed by atoms with Crippen LogP contribution in [0.3, 0.4) is 0 Å². The first-order valence-electron chi connectivity index (χ1n) is 6.05. The van der Waals surface area contributed by atoms with Crippen LogP contribution >= 0.6 is 0 Å². The minimum atomic E-state index is -0.396. The summed E-state index contributed by atoms with van der Waals surface area (Å²) in [7, 11) is 3.07. The second-order valence-corrected chi connectivity index (χ2v) is 4.88. The van der Waals surface area contributed by atoms with E-state index in [0.717, 1.165) is 0 Å². The van der Waals surface area contributed by atoms with Crippen molar-refractivity contribution in [2.24, 2.45) is 0 Å². The number of carbonyl (C=O) groups excluding carboxylic acids is 1. The molecule has 19 heavy (non-hydrogen) atoms. The molecule has 0 aromatic heterocycles. The van der Waals surface area contributed by atoms with Crippen molar-refractivity contribution < 1.29 is 23.7 Å². The quantitative estimate of drug-likeness (QED) is 0.603. The molecule has 1 aromatic carbocycles. The lowest BCUT2D eigenvalue weighted by molar-refractivity contribution is 0.0476. The Morgan fingerprint density at radius 3 is 2.42 bits per heavy atom. The van der Waals surface area contributed by atoms with Gasteiger partial charge in [-0.05, 0) is 32.0 Å². The third-order valence-electron chi connectivity index (χ3n) is 3.15. The SMILES string of the molecule is COc1ccc(C(=O)OC[C@H]2OC2(C)C)cc1OC. The van der Waals surface area contributed by atoms with E-state index < -0.39 is 5.97 Å². The van der Waals surface area contributed by atoms with Crippen LogP contribution in [-0.4, -0.2) is 38.5 Å². The highest BCUT2D eigenvalue weighted by Gasteiger charge is 2.48. The van der Waals surface area contributed by atoms with Crippen LogP contribution in [0, 0.1) is 0 Å². The molecule has 0 unspecified atom stereocenters. The molecule has 0 saturated carbocycles. The molecule has 104 valence electrons. The fourth-order valence-electron chi connectivity index (χ4n) is 1.77. The molecule has 1 aliphatic heterocycles. The number of hydrogen-bond acceptors (Lipinski definition) is 5. The standard InChI is InChI=1S/C14H18O5/c1-14(2)12(19-14)8-18-13(15)9-5-6-10(16-3)11(7-9)17-4/h5-7,12H,8H2,1-4H3/t12-/m1/s1. The van der Waals surface area contributed by atoms with E-state index in [1.54, 1.807) is 25.3 Å². The topological polar surface area (TPSA) is 57.3 Å². The lowest BCUT2D eigenvalue weighted by Crippen LogP contribution is -2.14. The van der Waals surface area contributed by atoms with E-state index in [2.05, 4.69) is 0 Å². The number of methoxy groups -OCH3 is 2. The predicted octanol–water partition coefficient (Wildman–Crippen LogP) is 2.04. The molecule has 1 aliphatic rings. The van der Waals surface area contributed by atoms with Gasteiger partial charge in [-0.15, -0.1) is 0 Å². The number of benzene rings is 1. The molecule has 1 fully saturated rings. The van der Waals surface area contributed by atoms with Gasteiger partial charge in [0.05, 0.1) is 25.4 Å². The van der Waals surface area contributed by atoms with Crippen molar-refractivity contribution in [2.45, 2.75) is 25.6 Å². The molecular weight excluding hydrogens is 248 g/mol. The normalized spacial score (nSPS) is 19.7. The Hall–Kier alpha value is -1.75. The molecule has 0 amide bonds. The third kappa shape index (κ3) is 2.98. The van der Waals surface area contributed by atoms with Gasteiger partial charge in [0.25, 0.3) is 0 Å². The maximum Gasteiger partial charge on any atom is 0.338 e. The van der Waals surface area contributed by atoms with Gasteiger partial charge in [-0.25, -0.2) is 4.79 Å². The van der Waals surface area contributed by atoms with Crippen molar-refractivity contribution in [3.8, 4) is 11.5 Å². The largest absolute Gasteiger partial charge is 0.493 e. The highest BCUT2D eigenvalue weighted by molar-refractivity contribution is 5.90. The molecule has 0 bridgehead atoms. The van der Waals surface area contributed by atoms with Gasteiger partial charge < -0.3 is 18.9 Å². The maximum atomic E-state index is 11.9. The monoisotopic (exact) mass is 266 g/mol. The van der Waals surface area contributed by atoms with Gasteiger partial charge in [0.1, 0.15) is 12.7 Å². The third-order valence-corrected chi connectivity index (χ3v) is 3.15. The minimum absolute atomic E-state index is 0.0170. The van der Waals surface area contributed by atoms with E-state index in [9.17, 15) is 4.79 Å². The smallest absolute Gasteiger partial charge is 0.338 e. The molecular formula is C14H18O5. The van der Waals surface area contributed by atoms with Crippen molar-refractivity contribution in [3.63, 3.8) is 0 Å². The summed E-state index contributed by atoms with van der Waals surface area (Å²) in [4.78, 5) is 11.9. The number of carbonyl (C=O) groups is 1. The minimum Gasteiger partial charge on any atom is -0.493 e. The second-order valence-electron chi connectivity index (χ2n) is 4.88. The first-order chi connectivity index (χ1) is 8.97. The molecule has 0 N–H and O–H groups in total. The van der Waals surface area contributed by atoms with Gasteiger partial charge in [0.2, 0.25) is 0 Å².